The number of hydrogen-bond donors (Lipinski definition) is 0. The number of fused-ring (bicyclic) bond motifs is 1. The Morgan fingerprint density at radius 2 is 2.00 bits per heavy atom. The molecule has 3 nitrogen and oxygen atoms in total. The summed E-state index contributed by atoms with van der Waals surface area (Å²) >= 11 is 0. The van der Waals surface area contributed by atoms with Gasteiger partial charge in [-0.1, -0.05) is 33.3 Å². The van der Waals surface area contributed by atoms with E-state index in [2.05, 4.69) is 26.8 Å². The van der Waals surface area contributed by atoms with Crippen molar-refractivity contribution in [3.8, 4) is 0 Å². The van der Waals surface area contributed by atoms with E-state index in [1.807, 2.05) is 0 Å². The SMILES string of the molecule is CC1(C)CCC[C@@]2(C)[C@H]1CCC1(CO1)[C@@H]2C/C=C1/CCOC1=O. The molecule has 0 radical (unpaired) electrons. The van der Waals surface area contributed by atoms with Gasteiger partial charge in [-0.05, 0) is 54.8 Å². The lowest BCUT2D eigenvalue weighted by molar-refractivity contribution is -0.135. The highest BCUT2D eigenvalue weighted by molar-refractivity contribution is 5.90. The van der Waals surface area contributed by atoms with E-state index in [4.69, 9.17) is 9.47 Å². The number of epoxide rings is 1. The molecule has 2 aliphatic heterocycles. The highest BCUT2D eigenvalue weighted by atomic mass is 16.6. The summed E-state index contributed by atoms with van der Waals surface area (Å²) in [6.07, 6.45) is 10.4. The van der Waals surface area contributed by atoms with Gasteiger partial charge in [0.2, 0.25) is 0 Å². The first-order valence-corrected chi connectivity index (χ1v) is 9.38. The van der Waals surface area contributed by atoms with E-state index in [9.17, 15) is 4.79 Å². The second-order valence-corrected chi connectivity index (χ2v) is 9.20. The largest absolute Gasteiger partial charge is 0.462 e. The van der Waals surface area contributed by atoms with Crippen LogP contribution in [0.25, 0.3) is 0 Å². The molecule has 0 amide bonds. The van der Waals surface area contributed by atoms with E-state index in [-0.39, 0.29) is 11.6 Å². The second-order valence-electron chi connectivity index (χ2n) is 9.20. The number of cyclic esters (lactones) is 1. The molecule has 4 aliphatic rings. The Morgan fingerprint density at radius 1 is 1.22 bits per heavy atom. The van der Waals surface area contributed by atoms with Crippen LogP contribution in [0.4, 0.5) is 0 Å². The maximum atomic E-state index is 11.8. The van der Waals surface area contributed by atoms with E-state index in [0.717, 1.165) is 30.9 Å². The highest BCUT2D eigenvalue weighted by Crippen LogP contribution is 2.66. The van der Waals surface area contributed by atoms with Crippen molar-refractivity contribution >= 4 is 5.97 Å². The van der Waals surface area contributed by atoms with E-state index < -0.39 is 0 Å². The molecule has 0 aromatic heterocycles. The van der Waals surface area contributed by atoms with Crippen LogP contribution < -0.4 is 0 Å². The molecule has 2 aliphatic carbocycles. The molecule has 1 unspecified atom stereocenters. The van der Waals surface area contributed by atoms with Crippen molar-refractivity contribution in [3.05, 3.63) is 11.6 Å². The minimum Gasteiger partial charge on any atom is -0.462 e. The molecule has 3 heteroatoms. The van der Waals surface area contributed by atoms with Gasteiger partial charge in [0.1, 0.15) is 0 Å². The van der Waals surface area contributed by atoms with Gasteiger partial charge in [-0.3, -0.25) is 0 Å². The smallest absolute Gasteiger partial charge is 0.333 e. The molecule has 0 bridgehead atoms. The molecule has 2 heterocycles. The number of carbonyl (C=O) groups is 1. The fourth-order valence-electron chi connectivity index (χ4n) is 6.28. The van der Waals surface area contributed by atoms with Crippen molar-refractivity contribution in [1.82, 2.24) is 0 Å². The third-order valence-corrected chi connectivity index (χ3v) is 7.55. The molecule has 0 aromatic rings. The zero-order chi connectivity index (χ0) is 16.3. The number of hydrogen-bond acceptors (Lipinski definition) is 3. The number of ether oxygens (including phenoxy) is 2. The van der Waals surface area contributed by atoms with Gasteiger partial charge in [0.15, 0.2) is 0 Å². The normalized spacial score (nSPS) is 46.7. The van der Waals surface area contributed by atoms with Gasteiger partial charge >= 0.3 is 5.97 Å². The first kappa shape index (κ1) is 15.7. The molecule has 128 valence electrons. The molecule has 4 fully saturated rings. The van der Waals surface area contributed by atoms with Crippen LogP contribution in [0.1, 0.15) is 65.7 Å². The van der Waals surface area contributed by atoms with Gasteiger partial charge < -0.3 is 9.47 Å². The van der Waals surface area contributed by atoms with E-state index in [1.54, 1.807) is 0 Å². The van der Waals surface area contributed by atoms with Crippen LogP contribution in [0.2, 0.25) is 0 Å². The third kappa shape index (κ3) is 2.38. The van der Waals surface area contributed by atoms with Crippen molar-refractivity contribution in [2.75, 3.05) is 13.2 Å². The van der Waals surface area contributed by atoms with Gasteiger partial charge in [-0.2, -0.15) is 0 Å². The molecule has 0 N–H and O–H groups in total. The van der Waals surface area contributed by atoms with E-state index >= 15 is 0 Å². The van der Waals surface area contributed by atoms with Crippen LogP contribution in [0.3, 0.4) is 0 Å². The molecular weight excluding hydrogens is 288 g/mol. The third-order valence-electron chi connectivity index (χ3n) is 7.55. The number of carbonyl (C=O) groups excluding carboxylic acids is 1. The Balaban J connectivity index is 1.63. The summed E-state index contributed by atoms with van der Waals surface area (Å²) in [5, 5.41) is 0. The highest BCUT2D eigenvalue weighted by Gasteiger charge is 2.64. The summed E-state index contributed by atoms with van der Waals surface area (Å²) in [4.78, 5) is 11.8. The lowest BCUT2D eigenvalue weighted by atomic mass is 9.46. The monoisotopic (exact) mass is 318 g/mol. The minimum atomic E-state index is -0.0998. The predicted octanol–water partition coefficient (Wildman–Crippen LogP) is 4.26. The Hall–Kier alpha value is -0.830. The summed E-state index contributed by atoms with van der Waals surface area (Å²) in [6, 6.07) is 0. The first-order chi connectivity index (χ1) is 10.9. The van der Waals surface area contributed by atoms with Crippen molar-refractivity contribution in [2.45, 2.75) is 71.3 Å². The zero-order valence-electron chi connectivity index (χ0n) is 14.8. The van der Waals surface area contributed by atoms with E-state index in [1.165, 1.54) is 32.1 Å². The van der Waals surface area contributed by atoms with Crippen molar-refractivity contribution < 1.29 is 14.3 Å². The maximum absolute atomic E-state index is 11.8. The average molecular weight is 318 g/mol. The van der Waals surface area contributed by atoms with Crippen molar-refractivity contribution in [2.24, 2.45) is 22.7 Å². The zero-order valence-corrected chi connectivity index (χ0v) is 14.8. The standard InChI is InChI=1S/C20H30O3/c1-18(2)9-4-10-19(3)15(18)7-11-20(13-23-20)16(19)6-5-14-8-12-22-17(14)21/h5,15-16H,4,6-13H2,1-3H3/b14-5-/t15-,16+,19-,20?/m0/s1. The number of allylic oxidation sites excluding steroid dienone is 1. The molecule has 2 saturated heterocycles. The first-order valence-electron chi connectivity index (χ1n) is 9.38. The van der Waals surface area contributed by atoms with Crippen molar-refractivity contribution in [1.29, 1.82) is 0 Å². The van der Waals surface area contributed by atoms with Crippen LogP contribution in [-0.4, -0.2) is 24.8 Å². The lowest BCUT2D eigenvalue weighted by Crippen LogP contribution is -2.54. The maximum Gasteiger partial charge on any atom is 0.333 e. The fourth-order valence-corrected chi connectivity index (χ4v) is 6.28. The van der Waals surface area contributed by atoms with Gasteiger partial charge in [0.05, 0.1) is 18.8 Å². The molecule has 0 aromatic carbocycles. The van der Waals surface area contributed by atoms with Crippen LogP contribution in [0.15, 0.2) is 11.6 Å². The van der Waals surface area contributed by atoms with Gasteiger partial charge in [0, 0.05) is 12.0 Å². The van der Waals surface area contributed by atoms with Gasteiger partial charge in [-0.25, -0.2) is 4.79 Å². The van der Waals surface area contributed by atoms with Gasteiger partial charge in [-0.15, -0.1) is 0 Å². The number of rotatable bonds is 2. The molecule has 23 heavy (non-hydrogen) atoms. The van der Waals surface area contributed by atoms with Crippen LogP contribution in [0, 0.1) is 22.7 Å². The van der Waals surface area contributed by atoms with Crippen LogP contribution in [0.5, 0.6) is 0 Å². The second kappa shape index (κ2) is 5.08. The molecule has 4 rings (SSSR count). The summed E-state index contributed by atoms with van der Waals surface area (Å²) in [6.45, 7) is 8.92. The average Bonchev–Trinajstić information content (AvgIpc) is 3.12. The molecule has 2 saturated carbocycles. The summed E-state index contributed by atoms with van der Waals surface area (Å²) in [5.74, 6) is 1.23. The Bertz CT molecular complexity index is 543. The Kier molecular flexibility index (Phi) is 3.46. The fraction of sp³-hybridized carbons (Fsp3) is 0.850. The summed E-state index contributed by atoms with van der Waals surface area (Å²) in [7, 11) is 0. The Labute approximate surface area is 139 Å². The minimum absolute atomic E-state index is 0.0998. The quantitative estimate of drug-likeness (QED) is 0.434. The predicted molar refractivity (Wildman–Crippen MR) is 88.9 cm³/mol. The van der Waals surface area contributed by atoms with Gasteiger partial charge in [0.25, 0.3) is 0 Å². The number of esters is 1. The topological polar surface area (TPSA) is 38.8 Å². The summed E-state index contributed by atoms with van der Waals surface area (Å²) in [5.41, 5.74) is 1.77. The molecule has 1 spiro atoms. The lowest BCUT2D eigenvalue weighted by Gasteiger charge is -2.59. The van der Waals surface area contributed by atoms with Crippen LogP contribution >= 0.6 is 0 Å². The van der Waals surface area contributed by atoms with E-state index in [0.29, 0.717) is 23.4 Å². The molecular formula is C20H30O3. The molecule has 4 atom stereocenters. The Morgan fingerprint density at radius 3 is 2.65 bits per heavy atom. The summed E-state index contributed by atoms with van der Waals surface area (Å²) < 4.78 is 11.1. The van der Waals surface area contributed by atoms with Crippen LogP contribution in [-0.2, 0) is 14.3 Å². The van der Waals surface area contributed by atoms with Crippen molar-refractivity contribution in [3.63, 3.8) is 0 Å².